The number of benzene rings is 1. The number of rotatable bonds is 13. The average molecular weight is 372 g/mol. The highest BCUT2D eigenvalue weighted by Crippen LogP contribution is 2.18. The van der Waals surface area contributed by atoms with Crippen molar-refractivity contribution in [1.29, 1.82) is 0 Å². The molecule has 0 saturated carbocycles. The van der Waals surface area contributed by atoms with Crippen molar-refractivity contribution in [3.63, 3.8) is 0 Å². The molecular formula is C23H33NOS. The normalized spacial score (nSPS) is 10.8. The SMILES string of the molecule is Cc1ccc(CCCCCCCCCCCC(=O)Nc2ccccc2)s1. The van der Waals surface area contributed by atoms with Crippen molar-refractivity contribution < 1.29 is 4.79 Å². The molecule has 2 nitrogen and oxygen atoms in total. The molecule has 1 aromatic carbocycles. The number of aryl methyl sites for hydroxylation is 2. The summed E-state index contributed by atoms with van der Waals surface area (Å²) in [6.45, 7) is 2.18. The Labute approximate surface area is 163 Å². The molecule has 0 aliphatic rings. The second-order valence-electron chi connectivity index (χ2n) is 7.11. The maximum atomic E-state index is 11.8. The quantitative estimate of drug-likeness (QED) is 0.372. The second kappa shape index (κ2) is 12.7. The van der Waals surface area contributed by atoms with Gasteiger partial charge in [-0.25, -0.2) is 0 Å². The van der Waals surface area contributed by atoms with Crippen LogP contribution in [0.5, 0.6) is 0 Å². The molecule has 0 bridgehead atoms. The molecule has 0 saturated heterocycles. The van der Waals surface area contributed by atoms with Crippen LogP contribution in [0.3, 0.4) is 0 Å². The van der Waals surface area contributed by atoms with E-state index in [1.54, 1.807) is 4.88 Å². The molecule has 26 heavy (non-hydrogen) atoms. The van der Waals surface area contributed by atoms with E-state index in [9.17, 15) is 4.79 Å². The van der Waals surface area contributed by atoms with E-state index in [-0.39, 0.29) is 5.91 Å². The lowest BCUT2D eigenvalue weighted by Crippen LogP contribution is -2.10. The van der Waals surface area contributed by atoms with Gasteiger partial charge in [0.2, 0.25) is 5.91 Å². The fourth-order valence-electron chi connectivity index (χ4n) is 3.19. The van der Waals surface area contributed by atoms with Gasteiger partial charge in [-0.05, 0) is 50.5 Å². The van der Waals surface area contributed by atoms with Crippen LogP contribution in [-0.2, 0) is 11.2 Å². The number of nitrogens with one attached hydrogen (secondary N) is 1. The summed E-state index contributed by atoms with van der Waals surface area (Å²) in [6.07, 6.45) is 13.4. The standard InChI is InChI=1S/C23H33NOS/c1-20-18-19-22(26-20)16-12-7-5-3-2-4-6-8-13-17-23(25)24-21-14-10-9-11-15-21/h9-11,14-15,18-19H,2-8,12-13,16-17H2,1H3,(H,24,25). The Hall–Kier alpha value is -1.61. The van der Waals surface area contributed by atoms with Gasteiger partial charge >= 0.3 is 0 Å². The Morgan fingerprint density at radius 3 is 2.04 bits per heavy atom. The Kier molecular flexibility index (Phi) is 10.1. The second-order valence-corrected chi connectivity index (χ2v) is 8.48. The topological polar surface area (TPSA) is 29.1 Å². The number of hydrogen-bond acceptors (Lipinski definition) is 2. The molecule has 0 fully saturated rings. The first kappa shape index (κ1) is 20.7. The number of unbranched alkanes of at least 4 members (excludes halogenated alkanes) is 8. The minimum absolute atomic E-state index is 0.136. The summed E-state index contributed by atoms with van der Waals surface area (Å²) < 4.78 is 0. The van der Waals surface area contributed by atoms with Crippen LogP contribution in [0.15, 0.2) is 42.5 Å². The first-order valence-corrected chi connectivity index (χ1v) is 11.0. The Balaban J connectivity index is 1.35. The van der Waals surface area contributed by atoms with E-state index in [4.69, 9.17) is 0 Å². The van der Waals surface area contributed by atoms with E-state index in [0.717, 1.165) is 12.1 Å². The number of anilines is 1. The van der Waals surface area contributed by atoms with E-state index in [1.165, 1.54) is 62.7 Å². The van der Waals surface area contributed by atoms with E-state index in [1.807, 2.05) is 41.7 Å². The van der Waals surface area contributed by atoms with Crippen LogP contribution in [0.25, 0.3) is 0 Å². The molecule has 0 aliphatic heterocycles. The molecule has 0 aliphatic carbocycles. The molecule has 0 spiro atoms. The third kappa shape index (κ3) is 9.19. The molecule has 2 aromatic rings. The van der Waals surface area contributed by atoms with Crippen molar-refractivity contribution >= 4 is 22.9 Å². The Bertz CT molecular complexity index is 620. The van der Waals surface area contributed by atoms with Gasteiger partial charge in [-0.15, -0.1) is 11.3 Å². The van der Waals surface area contributed by atoms with Gasteiger partial charge in [0.05, 0.1) is 0 Å². The summed E-state index contributed by atoms with van der Waals surface area (Å²) in [5, 5.41) is 2.95. The molecule has 1 amide bonds. The van der Waals surface area contributed by atoms with E-state index in [0.29, 0.717) is 6.42 Å². The summed E-state index contributed by atoms with van der Waals surface area (Å²) in [6, 6.07) is 14.2. The first-order valence-electron chi connectivity index (χ1n) is 10.1. The lowest BCUT2D eigenvalue weighted by molar-refractivity contribution is -0.116. The minimum Gasteiger partial charge on any atom is -0.326 e. The maximum absolute atomic E-state index is 11.8. The molecule has 0 atom stereocenters. The predicted molar refractivity (Wildman–Crippen MR) is 114 cm³/mol. The summed E-state index contributed by atoms with van der Waals surface area (Å²) in [5.41, 5.74) is 0.895. The molecule has 0 radical (unpaired) electrons. The first-order chi connectivity index (χ1) is 12.7. The molecular weight excluding hydrogens is 338 g/mol. The van der Waals surface area contributed by atoms with Gasteiger partial charge < -0.3 is 5.32 Å². The van der Waals surface area contributed by atoms with E-state index < -0.39 is 0 Å². The van der Waals surface area contributed by atoms with Crippen LogP contribution >= 0.6 is 11.3 Å². The number of hydrogen-bond donors (Lipinski definition) is 1. The third-order valence-electron chi connectivity index (χ3n) is 4.68. The lowest BCUT2D eigenvalue weighted by atomic mass is 10.1. The average Bonchev–Trinajstić information content (AvgIpc) is 3.05. The number of carbonyl (C=O) groups is 1. The van der Waals surface area contributed by atoms with Gasteiger partial charge in [0.15, 0.2) is 0 Å². The van der Waals surface area contributed by atoms with E-state index >= 15 is 0 Å². The largest absolute Gasteiger partial charge is 0.326 e. The fourth-order valence-corrected chi connectivity index (χ4v) is 4.12. The highest BCUT2D eigenvalue weighted by atomic mass is 32.1. The van der Waals surface area contributed by atoms with Gasteiger partial charge in [0, 0.05) is 21.9 Å². The smallest absolute Gasteiger partial charge is 0.224 e. The van der Waals surface area contributed by atoms with Crippen molar-refractivity contribution in [3.05, 3.63) is 52.2 Å². The molecule has 3 heteroatoms. The summed E-state index contributed by atoms with van der Waals surface area (Å²) >= 11 is 1.94. The summed E-state index contributed by atoms with van der Waals surface area (Å²) in [5.74, 6) is 0.136. The van der Waals surface area contributed by atoms with Gasteiger partial charge in [0.25, 0.3) is 0 Å². The van der Waals surface area contributed by atoms with Crippen molar-refractivity contribution in [3.8, 4) is 0 Å². The zero-order valence-corrected chi connectivity index (χ0v) is 17.0. The van der Waals surface area contributed by atoms with Crippen LogP contribution in [0.4, 0.5) is 5.69 Å². The van der Waals surface area contributed by atoms with Crippen LogP contribution in [0.1, 0.15) is 74.0 Å². The van der Waals surface area contributed by atoms with Crippen LogP contribution in [0.2, 0.25) is 0 Å². The highest BCUT2D eigenvalue weighted by molar-refractivity contribution is 7.11. The molecule has 1 N–H and O–H groups in total. The molecule has 2 rings (SSSR count). The van der Waals surface area contributed by atoms with Crippen molar-refractivity contribution in [2.45, 2.75) is 77.6 Å². The molecule has 1 heterocycles. The molecule has 1 aromatic heterocycles. The lowest BCUT2D eigenvalue weighted by Gasteiger charge is -2.05. The summed E-state index contributed by atoms with van der Waals surface area (Å²) in [4.78, 5) is 14.8. The number of para-hydroxylation sites is 1. The molecule has 142 valence electrons. The van der Waals surface area contributed by atoms with Crippen molar-refractivity contribution in [2.75, 3.05) is 5.32 Å². The van der Waals surface area contributed by atoms with Gasteiger partial charge in [-0.3, -0.25) is 4.79 Å². The van der Waals surface area contributed by atoms with Crippen LogP contribution in [-0.4, -0.2) is 5.91 Å². The van der Waals surface area contributed by atoms with Crippen LogP contribution in [0, 0.1) is 6.92 Å². The number of amides is 1. The van der Waals surface area contributed by atoms with Crippen molar-refractivity contribution in [1.82, 2.24) is 0 Å². The third-order valence-corrected chi connectivity index (χ3v) is 5.74. The Morgan fingerprint density at radius 2 is 1.42 bits per heavy atom. The molecule has 0 unspecified atom stereocenters. The van der Waals surface area contributed by atoms with Gasteiger partial charge in [0.1, 0.15) is 0 Å². The summed E-state index contributed by atoms with van der Waals surface area (Å²) in [7, 11) is 0. The fraction of sp³-hybridized carbons (Fsp3) is 0.522. The van der Waals surface area contributed by atoms with Gasteiger partial charge in [-0.1, -0.05) is 63.1 Å². The van der Waals surface area contributed by atoms with E-state index in [2.05, 4.69) is 24.4 Å². The zero-order chi connectivity index (χ0) is 18.5. The minimum atomic E-state index is 0.136. The Morgan fingerprint density at radius 1 is 0.808 bits per heavy atom. The van der Waals surface area contributed by atoms with Gasteiger partial charge in [-0.2, -0.15) is 0 Å². The van der Waals surface area contributed by atoms with Crippen molar-refractivity contribution in [2.24, 2.45) is 0 Å². The zero-order valence-electron chi connectivity index (χ0n) is 16.1. The predicted octanol–water partition coefficient (Wildman–Crippen LogP) is 7.14. The number of carbonyl (C=O) groups excluding carboxylic acids is 1. The monoisotopic (exact) mass is 371 g/mol. The maximum Gasteiger partial charge on any atom is 0.224 e. The van der Waals surface area contributed by atoms with Crippen LogP contribution < -0.4 is 5.32 Å². The highest BCUT2D eigenvalue weighted by Gasteiger charge is 2.02. The number of thiophene rings is 1.